The van der Waals surface area contributed by atoms with Crippen molar-refractivity contribution in [1.82, 2.24) is 0 Å². The van der Waals surface area contributed by atoms with E-state index in [9.17, 15) is 0 Å². The summed E-state index contributed by atoms with van der Waals surface area (Å²) in [7, 11) is 0. The molecule has 2 atom stereocenters. The van der Waals surface area contributed by atoms with Crippen LogP contribution < -0.4 is 5.73 Å². The van der Waals surface area contributed by atoms with E-state index >= 15 is 0 Å². The third kappa shape index (κ3) is 1.65. The minimum atomic E-state index is 0.315. The first-order valence-corrected chi connectivity index (χ1v) is 6.02. The molecule has 0 aliphatic heterocycles. The molecule has 13 heavy (non-hydrogen) atoms. The molecule has 0 fully saturated rings. The van der Waals surface area contributed by atoms with Crippen LogP contribution in [0.4, 0.5) is 0 Å². The first-order chi connectivity index (χ1) is 6.33. The molecule has 1 nitrogen and oxygen atoms in total. The number of hydrogen-bond donors (Lipinski definition) is 1. The zero-order chi connectivity index (χ0) is 9.26. The van der Waals surface area contributed by atoms with Crippen molar-refractivity contribution < 1.29 is 0 Å². The Kier molecular flexibility index (Phi) is 2.70. The lowest BCUT2D eigenvalue weighted by molar-refractivity contribution is 0.355. The summed E-state index contributed by atoms with van der Waals surface area (Å²) in [6.45, 7) is 2.25. The molecule has 1 aromatic heterocycles. The van der Waals surface area contributed by atoms with E-state index in [1.165, 1.54) is 36.1 Å². The van der Waals surface area contributed by atoms with Crippen LogP contribution in [0.25, 0.3) is 0 Å². The highest BCUT2D eigenvalue weighted by Gasteiger charge is 2.26. The van der Waals surface area contributed by atoms with Gasteiger partial charge in [-0.1, -0.05) is 13.3 Å². The topological polar surface area (TPSA) is 26.0 Å². The summed E-state index contributed by atoms with van der Waals surface area (Å²) in [4.78, 5) is 1.53. The van der Waals surface area contributed by atoms with E-state index in [1.54, 1.807) is 0 Å². The first-order valence-electron chi connectivity index (χ1n) is 5.14. The van der Waals surface area contributed by atoms with E-state index in [1.807, 2.05) is 11.3 Å². The molecule has 1 aliphatic carbocycles. The Balaban J connectivity index is 2.17. The molecule has 1 aliphatic rings. The molecule has 72 valence electrons. The second kappa shape index (κ2) is 3.81. The van der Waals surface area contributed by atoms with Crippen molar-refractivity contribution in [2.45, 2.75) is 38.6 Å². The average Bonchev–Trinajstić information content (AvgIpc) is 2.58. The minimum absolute atomic E-state index is 0.315. The first kappa shape index (κ1) is 9.22. The number of aryl methyl sites for hydroxylation is 1. The Morgan fingerprint density at radius 3 is 3.23 bits per heavy atom. The Bertz CT molecular complexity index is 279. The van der Waals surface area contributed by atoms with Crippen LogP contribution in [0.5, 0.6) is 0 Å². The number of hydrogen-bond acceptors (Lipinski definition) is 2. The lowest BCUT2D eigenvalue weighted by atomic mass is 9.82. The molecule has 0 unspecified atom stereocenters. The quantitative estimate of drug-likeness (QED) is 0.771. The number of thiophene rings is 1. The van der Waals surface area contributed by atoms with Crippen molar-refractivity contribution in [3.05, 3.63) is 21.9 Å². The summed E-state index contributed by atoms with van der Waals surface area (Å²) in [5.74, 6) is 0.729. The molecule has 1 heterocycles. The lowest BCUT2D eigenvalue weighted by Crippen LogP contribution is -2.25. The van der Waals surface area contributed by atoms with Gasteiger partial charge in [0.1, 0.15) is 0 Å². The lowest BCUT2D eigenvalue weighted by Gasteiger charge is -2.28. The molecule has 2 N–H and O–H groups in total. The molecule has 0 saturated carbocycles. The highest BCUT2D eigenvalue weighted by Crippen LogP contribution is 2.37. The van der Waals surface area contributed by atoms with E-state index in [0.717, 1.165) is 5.92 Å². The van der Waals surface area contributed by atoms with Crippen LogP contribution in [0.2, 0.25) is 0 Å². The molecule has 1 aromatic rings. The van der Waals surface area contributed by atoms with Crippen molar-refractivity contribution in [3.8, 4) is 0 Å². The number of nitrogens with two attached hydrogens (primary N) is 1. The van der Waals surface area contributed by atoms with Crippen LogP contribution in [0.1, 0.15) is 42.7 Å². The molecule has 0 radical (unpaired) electrons. The van der Waals surface area contributed by atoms with Gasteiger partial charge >= 0.3 is 0 Å². The fraction of sp³-hybridized carbons (Fsp3) is 0.636. The summed E-state index contributed by atoms with van der Waals surface area (Å²) >= 11 is 1.87. The predicted octanol–water partition coefficient (Wildman–Crippen LogP) is 3.11. The smallest absolute Gasteiger partial charge is 0.0334 e. The van der Waals surface area contributed by atoms with Crippen molar-refractivity contribution in [2.75, 3.05) is 0 Å². The van der Waals surface area contributed by atoms with Crippen LogP contribution in [0, 0.1) is 5.92 Å². The van der Waals surface area contributed by atoms with E-state index < -0.39 is 0 Å². The van der Waals surface area contributed by atoms with Gasteiger partial charge in [0.15, 0.2) is 0 Å². The molecule has 0 aromatic carbocycles. The van der Waals surface area contributed by atoms with E-state index in [2.05, 4.69) is 18.4 Å². The fourth-order valence-corrected chi connectivity index (χ4v) is 3.25. The van der Waals surface area contributed by atoms with E-state index in [4.69, 9.17) is 5.73 Å². The van der Waals surface area contributed by atoms with Crippen molar-refractivity contribution in [3.63, 3.8) is 0 Å². The van der Waals surface area contributed by atoms with Gasteiger partial charge in [0.05, 0.1) is 0 Å². The molecule has 2 rings (SSSR count). The highest BCUT2D eigenvalue weighted by molar-refractivity contribution is 7.10. The molecule has 0 spiro atoms. The SMILES string of the molecule is CCC[C@H]1CCc2sccc2[C@H]1N. The Labute approximate surface area is 84.0 Å². The van der Waals surface area contributed by atoms with Crippen LogP contribution in [0.3, 0.4) is 0 Å². The highest BCUT2D eigenvalue weighted by atomic mass is 32.1. The van der Waals surface area contributed by atoms with Gasteiger partial charge in [-0.05, 0) is 42.2 Å². The van der Waals surface area contributed by atoms with Gasteiger partial charge in [-0.2, -0.15) is 0 Å². The average molecular weight is 195 g/mol. The van der Waals surface area contributed by atoms with Gasteiger partial charge in [-0.15, -0.1) is 11.3 Å². The van der Waals surface area contributed by atoms with Gasteiger partial charge < -0.3 is 5.73 Å². The molecule has 0 bridgehead atoms. The summed E-state index contributed by atoms with van der Waals surface area (Å²) in [6.07, 6.45) is 5.10. The third-order valence-electron chi connectivity index (χ3n) is 3.05. The fourth-order valence-electron chi connectivity index (χ4n) is 2.30. The van der Waals surface area contributed by atoms with Gasteiger partial charge in [0, 0.05) is 10.9 Å². The van der Waals surface area contributed by atoms with Crippen molar-refractivity contribution >= 4 is 11.3 Å². The maximum absolute atomic E-state index is 6.23. The van der Waals surface area contributed by atoms with E-state index in [-0.39, 0.29) is 0 Å². The Morgan fingerprint density at radius 2 is 2.46 bits per heavy atom. The molecular formula is C11H17NS. The summed E-state index contributed by atoms with van der Waals surface area (Å²) in [5, 5.41) is 2.18. The molecule has 0 amide bonds. The third-order valence-corrected chi connectivity index (χ3v) is 4.05. The van der Waals surface area contributed by atoms with Crippen molar-refractivity contribution in [1.29, 1.82) is 0 Å². The molecule has 0 saturated heterocycles. The zero-order valence-electron chi connectivity index (χ0n) is 8.12. The second-order valence-corrected chi connectivity index (χ2v) is 4.91. The van der Waals surface area contributed by atoms with Gasteiger partial charge in [-0.25, -0.2) is 0 Å². The summed E-state index contributed by atoms with van der Waals surface area (Å²) in [5.41, 5.74) is 7.65. The maximum Gasteiger partial charge on any atom is 0.0334 e. The van der Waals surface area contributed by atoms with E-state index in [0.29, 0.717) is 6.04 Å². The molecule has 2 heteroatoms. The summed E-state index contributed by atoms with van der Waals surface area (Å²) in [6, 6.07) is 2.53. The van der Waals surface area contributed by atoms with Gasteiger partial charge in [0.25, 0.3) is 0 Å². The standard InChI is InChI=1S/C11H17NS/c1-2-3-8-4-5-10-9(11(8)12)6-7-13-10/h6-8,11H,2-5,12H2,1H3/t8-,11-/m0/s1. The van der Waals surface area contributed by atoms with Crippen molar-refractivity contribution in [2.24, 2.45) is 11.7 Å². The normalized spacial score (nSPS) is 27.2. The maximum atomic E-state index is 6.23. The Morgan fingerprint density at radius 1 is 1.62 bits per heavy atom. The predicted molar refractivity (Wildman–Crippen MR) is 58.0 cm³/mol. The monoisotopic (exact) mass is 195 g/mol. The number of rotatable bonds is 2. The molecular weight excluding hydrogens is 178 g/mol. The van der Waals surface area contributed by atoms with Crippen LogP contribution in [-0.2, 0) is 6.42 Å². The zero-order valence-corrected chi connectivity index (χ0v) is 8.94. The van der Waals surface area contributed by atoms with Crippen LogP contribution >= 0.6 is 11.3 Å². The van der Waals surface area contributed by atoms with Gasteiger partial charge in [0.2, 0.25) is 0 Å². The largest absolute Gasteiger partial charge is 0.324 e. The minimum Gasteiger partial charge on any atom is -0.324 e. The van der Waals surface area contributed by atoms with Crippen LogP contribution in [-0.4, -0.2) is 0 Å². The van der Waals surface area contributed by atoms with Crippen LogP contribution in [0.15, 0.2) is 11.4 Å². The number of fused-ring (bicyclic) bond motifs is 1. The summed E-state index contributed by atoms with van der Waals surface area (Å²) < 4.78 is 0. The van der Waals surface area contributed by atoms with Gasteiger partial charge in [-0.3, -0.25) is 0 Å². The second-order valence-electron chi connectivity index (χ2n) is 3.91. The Hall–Kier alpha value is -0.340.